The lowest BCUT2D eigenvalue weighted by atomic mass is 10.0. The summed E-state index contributed by atoms with van der Waals surface area (Å²) in [5.74, 6) is -0.0602. The third-order valence-electron chi connectivity index (χ3n) is 4.45. The molecule has 0 amide bonds. The third kappa shape index (κ3) is 3.60. The number of hydrogen-bond donors (Lipinski definition) is 1. The van der Waals surface area contributed by atoms with Crippen molar-refractivity contribution in [1.29, 1.82) is 0 Å². The van der Waals surface area contributed by atoms with Gasteiger partial charge < -0.3 is 4.98 Å². The largest absolute Gasteiger partial charge is 0.355 e. The molecular weight excluding hydrogens is 324 g/mol. The number of rotatable bonds is 6. The molecule has 24 heavy (non-hydrogen) atoms. The first kappa shape index (κ1) is 18.4. The molecule has 0 saturated heterocycles. The van der Waals surface area contributed by atoms with Crippen molar-refractivity contribution in [2.45, 2.75) is 40.3 Å². The summed E-state index contributed by atoms with van der Waals surface area (Å²) >= 11 is 6.20. The van der Waals surface area contributed by atoms with Gasteiger partial charge in [0.1, 0.15) is 0 Å². The normalized spacial score (nSPS) is 12.5. The van der Waals surface area contributed by atoms with Gasteiger partial charge in [0.15, 0.2) is 11.6 Å². The number of benzene rings is 1. The van der Waals surface area contributed by atoms with Gasteiger partial charge in [0.2, 0.25) is 0 Å². The molecule has 0 aliphatic heterocycles. The van der Waals surface area contributed by atoms with Crippen molar-refractivity contribution in [3.8, 4) is 0 Å². The van der Waals surface area contributed by atoms with E-state index in [9.17, 15) is 9.59 Å². The van der Waals surface area contributed by atoms with Gasteiger partial charge in [-0.05, 0) is 51.9 Å². The van der Waals surface area contributed by atoms with E-state index in [0.717, 1.165) is 16.8 Å². The van der Waals surface area contributed by atoms with Crippen LogP contribution in [0.5, 0.6) is 0 Å². The van der Waals surface area contributed by atoms with Crippen LogP contribution in [0.3, 0.4) is 0 Å². The zero-order chi connectivity index (χ0) is 18.0. The van der Waals surface area contributed by atoms with E-state index in [-0.39, 0.29) is 17.6 Å². The molecule has 0 bridgehead atoms. The molecule has 1 unspecified atom stereocenters. The maximum atomic E-state index is 12.9. The summed E-state index contributed by atoms with van der Waals surface area (Å²) in [6.07, 6.45) is 0. The summed E-state index contributed by atoms with van der Waals surface area (Å²) in [5.41, 5.74) is 3.56. The Bertz CT molecular complexity index is 780. The van der Waals surface area contributed by atoms with Crippen molar-refractivity contribution < 1.29 is 9.59 Å². The van der Waals surface area contributed by atoms with Crippen molar-refractivity contribution in [1.82, 2.24) is 9.88 Å². The molecule has 0 radical (unpaired) electrons. The molecule has 0 fully saturated rings. The van der Waals surface area contributed by atoms with Gasteiger partial charge in [-0.2, -0.15) is 0 Å². The third-order valence-corrected chi connectivity index (χ3v) is 4.82. The number of carbonyl (C=O) groups excluding carboxylic acids is 2. The maximum Gasteiger partial charge on any atom is 0.196 e. The van der Waals surface area contributed by atoms with E-state index in [4.69, 9.17) is 11.6 Å². The molecule has 1 N–H and O–H groups in total. The van der Waals surface area contributed by atoms with E-state index in [2.05, 4.69) is 4.98 Å². The lowest BCUT2D eigenvalue weighted by Gasteiger charge is -2.24. The Hall–Kier alpha value is -1.91. The lowest BCUT2D eigenvalue weighted by Crippen LogP contribution is -2.36. The molecular formula is C19H23ClN2O2. The van der Waals surface area contributed by atoms with Crippen LogP contribution in [0.4, 0.5) is 0 Å². The minimum atomic E-state index is -0.335. The number of aryl methyl sites for hydroxylation is 1. The molecule has 1 aromatic heterocycles. The number of carbonyl (C=O) groups is 2. The number of aromatic nitrogens is 1. The number of Topliss-reactive ketones (excluding diaryl/α,β-unsaturated/α-hetero) is 2. The Morgan fingerprint density at radius 3 is 2.42 bits per heavy atom. The number of ketones is 2. The van der Waals surface area contributed by atoms with E-state index < -0.39 is 0 Å². The number of nitrogens with one attached hydrogen (secondary N) is 1. The van der Waals surface area contributed by atoms with Crippen LogP contribution in [0.1, 0.15) is 51.5 Å². The first-order chi connectivity index (χ1) is 11.2. The van der Waals surface area contributed by atoms with Crippen LogP contribution in [-0.4, -0.2) is 34.5 Å². The molecule has 1 atom stereocenters. The average Bonchev–Trinajstić information content (AvgIpc) is 2.82. The van der Waals surface area contributed by atoms with E-state index in [1.54, 1.807) is 0 Å². The molecule has 0 saturated carbocycles. The van der Waals surface area contributed by atoms with E-state index in [1.165, 1.54) is 6.92 Å². The fourth-order valence-corrected chi connectivity index (χ4v) is 3.16. The van der Waals surface area contributed by atoms with E-state index in [1.807, 2.05) is 57.0 Å². The summed E-state index contributed by atoms with van der Waals surface area (Å²) in [6.45, 7) is 7.59. The van der Waals surface area contributed by atoms with Gasteiger partial charge in [-0.15, -0.1) is 0 Å². The highest BCUT2D eigenvalue weighted by Crippen LogP contribution is 2.22. The van der Waals surface area contributed by atoms with Gasteiger partial charge in [-0.1, -0.05) is 29.8 Å². The molecule has 5 heteroatoms. The van der Waals surface area contributed by atoms with Crippen molar-refractivity contribution in [3.05, 3.63) is 57.4 Å². The second-order valence-electron chi connectivity index (χ2n) is 6.23. The lowest BCUT2D eigenvalue weighted by molar-refractivity contribution is 0.0856. The summed E-state index contributed by atoms with van der Waals surface area (Å²) < 4.78 is 0. The van der Waals surface area contributed by atoms with E-state index in [0.29, 0.717) is 22.8 Å². The van der Waals surface area contributed by atoms with Crippen molar-refractivity contribution in [3.63, 3.8) is 0 Å². The summed E-state index contributed by atoms with van der Waals surface area (Å²) in [6, 6.07) is 7.27. The van der Waals surface area contributed by atoms with Gasteiger partial charge in [0, 0.05) is 22.8 Å². The summed E-state index contributed by atoms with van der Waals surface area (Å²) in [4.78, 5) is 29.6. The Labute approximate surface area is 147 Å². The van der Waals surface area contributed by atoms with Crippen molar-refractivity contribution >= 4 is 23.2 Å². The van der Waals surface area contributed by atoms with Gasteiger partial charge in [0.25, 0.3) is 0 Å². The van der Waals surface area contributed by atoms with Crippen LogP contribution in [0.2, 0.25) is 5.02 Å². The number of halogens is 1. The first-order valence-corrected chi connectivity index (χ1v) is 8.29. The second-order valence-corrected chi connectivity index (χ2v) is 6.64. The number of aromatic amines is 1. The molecule has 1 heterocycles. The maximum absolute atomic E-state index is 12.9. The van der Waals surface area contributed by atoms with Gasteiger partial charge in [-0.3, -0.25) is 14.5 Å². The summed E-state index contributed by atoms with van der Waals surface area (Å²) in [7, 11) is 1.89. The predicted octanol–water partition coefficient (Wildman–Crippen LogP) is 4.19. The van der Waals surface area contributed by atoms with Crippen LogP contribution in [0.15, 0.2) is 24.3 Å². The standard InChI is InChI=1S/C19H23ClN2O2/c1-11-17(14(4)23)12(2)21-18(11)19(24)13(3)22(5)10-15-8-6-7-9-16(15)20/h6-9,13,21H,10H2,1-5H3. The van der Waals surface area contributed by atoms with Crippen LogP contribution in [0, 0.1) is 13.8 Å². The number of likely N-dealkylation sites (N-methyl/N-ethyl adjacent to an activating group) is 1. The number of nitrogens with zero attached hydrogens (tertiary/aromatic N) is 1. The molecule has 0 aliphatic rings. The van der Waals surface area contributed by atoms with Gasteiger partial charge in [-0.25, -0.2) is 0 Å². The monoisotopic (exact) mass is 346 g/mol. The molecule has 0 aliphatic carbocycles. The predicted molar refractivity (Wildman–Crippen MR) is 97.0 cm³/mol. The van der Waals surface area contributed by atoms with E-state index >= 15 is 0 Å². The molecule has 0 spiro atoms. The zero-order valence-corrected chi connectivity index (χ0v) is 15.5. The SMILES string of the molecule is CC(=O)c1c(C)[nH]c(C(=O)C(C)N(C)Cc2ccccc2Cl)c1C. The smallest absolute Gasteiger partial charge is 0.196 e. The number of H-pyrrole nitrogens is 1. The molecule has 1 aromatic carbocycles. The van der Waals surface area contributed by atoms with Crippen molar-refractivity contribution in [2.75, 3.05) is 7.05 Å². The Morgan fingerprint density at radius 1 is 1.25 bits per heavy atom. The molecule has 4 nitrogen and oxygen atoms in total. The summed E-state index contributed by atoms with van der Waals surface area (Å²) in [5, 5.41) is 0.690. The molecule has 128 valence electrons. The number of hydrogen-bond acceptors (Lipinski definition) is 3. The topological polar surface area (TPSA) is 53.2 Å². The Kier molecular flexibility index (Phi) is 5.62. The molecule has 2 rings (SSSR count). The highest BCUT2D eigenvalue weighted by atomic mass is 35.5. The molecule has 2 aromatic rings. The second kappa shape index (κ2) is 7.32. The van der Waals surface area contributed by atoms with Gasteiger partial charge >= 0.3 is 0 Å². The van der Waals surface area contributed by atoms with Gasteiger partial charge in [0.05, 0.1) is 11.7 Å². The van der Waals surface area contributed by atoms with Crippen molar-refractivity contribution in [2.24, 2.45) is 0 Å². The minimum absolute atomic E-state index is 0.0300. The van der Waals surface area contributed by atoms with Crippen LogP contribution >= 0.6 is 11.6 Å². The quantitative estimate of drug-likeness (QED) is 0.798. The highest BCUT2D eigenvalue weighted by Gasteiger charge is 2.26. The first-order valence-electron chi connectivity index (χ1n) is 7.92. The van der Waals surface area contributed by atoms with Crippen LogP contribution in [-0.2, 0) is 6.54 Å². The van der Waals surface area contributed by atoms with Crippen LogP contribution in [0.25, 0.3) is 0 Å². The fraction of sp³-hybridized carbons (Fsp3) is 0.368. The van der Waals surface area contributed by atoms with Crippen LogP contribution < -0.4 is 0 Å². The Balaban J connectivity index is 2.22. The zero-order valence-electron chi connectivity index (χ0n) is 14.7. The highest BCUT2D eigenvalue weighted by molar-refractivity contribution is 6.31. The average molecular weight is 347 g/mol. The minimum Gasteiger partial charge on any atom is -0.355 e. The Morgan fingerprint density at radius 2 is 1.88 bits per heavy atom. The fourth-order valence-electron chi connectivity index (χ4n) is 2.97.